The lowest BCUT2D eigenvalue weighted by atomic mass is 9.77. The second-order valence-electron chi connectivity index (χ2n) is 8.13. The van der Waals surface area contributed by atoms with Crippen molar-refractivity contribution in [2.45, 2.75) is 33.9 Å². The lowest BCUT2D eigenvalue weighted by molar-refractivity contribution is -0.387. The van der Waals surface area contributed by atoms with Gasteiger partial charge in [-0.2, -0.15) is 0 Å². The van der Waals surface area contributed by atoms with Gasteiger partial charge in [0.2, 0.25) is 0 Å². The highest BCUT2D eigenvalue weighted by atomic mass is 79.9. The first-order valence-corrected chi connectivity index (χ1v) is 12.8. The normalized spacial score (nSPS) is 26.2. The van der Waals surface area contributed by atoms with E-state index in [0.29, 0.717) is 9.92 Å². The number of para-hydroxylation sites is 2. The average molecular weight is 550 g/mol. The number of thioether (sulfide) groups is 1. The van der Waals surface area contributed by atoms with Gasteiger partial charge in [-0.1, -0.05) is 63.9 Å². The molecule has 1 heterocycles. The van der Waals surface area contributed by atoms with Gasteiger partial charge < -0.3 is 5.32 Å². The summed E-state index contributed by atoms with van der Waals surface area (Å²) in [6, 6.07) is 21.2. The van der Waals surface area contributed by atoms with Gasteiger partial charge in [-0.15, -0.1) is 23.4 Å². The van der Waals surface area contributed by atoms with Gasteiger partial charge in [0, 0.05) is 21.7 Å². The van der Waals surface area contributed by atoms with E-state index < -0.39 is 0 Å². The lowest BCUT2D eigenvalue weighted by Crippen LogP contribution is -2.31. The third kappa shape index (κ3) is 3.92. The quantitative estimate of drug-likeness (QED) is 0.203. The Morgan fingerprint density at radius 3 is 2.56 bits per heavy atom. The van der Waals surface area contributed by atoms with E-state index in [4.69, 9.17) is 23.2 Å². The molecule has 3 aromatic rings. The summed E-state index contributed by atoms with van der Waals surface area (Å²) in [5, 5.41) is 15.8. The van der Waals surface area contributed by atoms with Crippen molar-refractivity contribution in [3.8, 4) is 0 Å². The van der Waals surface area contributed by atoms with Gasteiger partial charge >= 0.3 is 0 Å². The van der Waals surface area contributed by atoms with E-state index in [9.17, 15) is 10.1 Å². The molecule has 0 amide bonds. The van der Waals surface area contributed by atoms with E-state index in [0.717, 1.165) is 22.1 Å². The van der Waals surface area contributed by atoms with Crippen LogP contribution < -0.4 is 5.32 Å². The fourth-order valence-corrected chi connectivity index (χ4v) is 7.42. The minimum atomic E-state index is -0.325. The van der Waals surface area contributed by atoms with E-state index in [1.807, 2.05) is 36.4 Å². The van der Waals surface area contributed by atoms with Crippen LogP contribution in [-0.4, -0.2) is 15.6 Å². The fraction of sp³-hybridized carbons (Fsp3) is 0.250. The fourth-order valence-electron chi connectivity index (χ4n) is 4.98. The molecule has 1 saturated carbocycles. The van der Waals surface area contributed by atoms with E-state index in [1.54, 1.807) is 12.1 Å². The summed E-state index contributed by atoms with van der Waals surface area (Å²) in [6.07, 6.45) is 0.842. The number of nitro benzene ring substituents is 1. The van der Waals surface area contributed by atoms with Crippen molar-refractivity contribution in [1.29, 1.82) is 0 Å². The molecule has 2 aliphatic rings. The number of fused-ring (bicyclic) bond motifs is 3. The molecule has 0 bridgehead atoms. The molecule has 164 valence electrons. The van der Waals surface area contributed by atoms with Crippen LogP contribution >= 0.6 is 50.9 Å². The average Bonchev–Trinajstić information content (AvgIpc) is 3.11. The number of halogens is 3. The van der Waals surface area contributed by atoms with Gasteiger partial charge in [0.1, 0.15) is 0 Å². The Labute approximate surface area is 209 Å². The standard InChI is InChI=1S/C24H19BrCl2N2O2S/c25-14-10-8-13(9-11-14)23-16-12-20(32-19-7-2-1-6-18(19)29(30)31)22(27)21(16)15-4-3-5-17(26)24(15)28-23/h1-11,16,20-23,28H,12H2/t16-,20+,21-,22-,23-/m0/s1. The number of alkyl halides is 1. The Morgan fingerprint density at radius 2 is 1.81 bits per heavy atom. The second-order valence-corrected chi connectivity index (χ2v) is 11.2. The Kier molecular flexibility index (Phi) is 6.14. The van der Waals surface area contributed by atoms with Gasteiger partial charge in [0.25, 0.3) is 5.69 Å². The molecule has 1 aliphatic heterocycles. The first-order chi connectivity index (χ1) is 15.4. The molecule has 0 saturated heterocycles. The van der Waals surface area contributed by atoms with Crippen LogP contribution in [0.3, 0.4) is 0 Å². The summed E-state index contributed by atoms with van der Waals surface area (Å²) >= 11 is 18.7. The highest BCUT2D eigenvalue weighted by Crippen LogP contribution is 2.58. The number of benzene rings is 3. The first-order valence-electron chi connectivity index (χ1n) is 10.3. The Morgan fingerprint density at radius 1 is 1.06 bits per heavy atom. The smallest absolute Gasteiger partial charge is 0.282 e. The van der Waals surface area contributed by atoms with Gasteiger partial charge in [-0.25, -0.2) is 0 Å². The molecular formula is C24H19BrCl2N2O2S. The highest BCUT2D eigenvalue weighted by molar-refractivity contribution is 9.10. The van der Waals surface area contributed by atoms with Crippen LogP contribution in [0.2, 0.25) is 5.02 Å². The summed E-state index contributed by atoms with van der Waals surface area (Å²) in [5.74, 6) is 0.338. The van der Waals surface area contributed by atoms with Crippen molar-refractivity contribution in [2.24, 2.45) is 5.92 Å². The Balaban J connectivity index is 1.54. The minimum Gasteiger partial charge on any atom is -0.376 e. The molecule has 8 heteroatoms. The third-order valence-electron chi connectivity index (χ3n) is 6.37. The molecule has 1 N–H and O–H groups in total. The summed E-state index contributed by atoms with van der Waals surface area (Å²) in [6.45, 7) is 0. The zero-order valence-corrected chi connectivity index (χ0v) is 20.7. The molecular weight excluding hydrogens is 531 g/mol. The molecule has 1 fully saturated rings. The summed E-state index contributed by atoms with van der Waals surface area (Å²) in [7, 11) is 0. The van der Waals surface area contributed by atoms with Gasteiger partial charge in [0.05, 0.1) is 31.9 Å². The van der Waals surface area contributed by atoms with Gasteiger partial charge in [-0.3, -0.25) is 10.1 Å². The van der Waals surface area contributed by atoms with Crippen LogP contribution in [0.25, 0.3) is 0 Å². The number of hydrogen-bond donors (Lipinski definition) is 1. The number of hydrogen-bond acceptors (Lipinski definition) is 4. The minimum absolute atomic E-state index is 0.0393. The van der Waals surface area contributed by atoms with Crippen molar-refractivity contribution < 1.29 is 4.92 Å². The number of nitrogens with zero attached hydrogens (tertiary/aromatic N) is 1. The van der Waals surface area contributed by atoms with Crippen LogP contribution in [0.4, 0.5) is 11.4 Å². The van der Waals surface area contributed by atoms with Crippen LogP contribution in [-0.2, 0) is 0 Å². The number of rotatable bonds is 4. The number of nitrogens with one attached hydrogen (secondary N) is 1. The van der Waals surface area contributed by atoms with E-state index in [1.165, 1.54) is 17.3 Å². The molecule has 5 atom stereocenters. The predicted molar refractivity (Wildman–Crippen MR) is 135 cm³/mol. The van der Waals surface area contributed by atoms with Crippen molar-refractivity contribution in [3.05, 3.63) is 97.5 Å². The Bertz CT molecular complexity index is 1180. The van der Waals surface area contributed by atoms with Crippen molar-refractivity contribution in [1.82, 2.24) is 0 Å². The molecule has 0 radical (unpaired) electrons. The zero-order valence-electron chi connectivity index (χ0n) is 16.8. The molecule has 0 aromatic heterocycles. The first kappa shape index (κ1) is 22.1. The lowest BCUT2D eigenvalue weighted by Gasteiger charge is -2.38. The van der Waals surface area contributed by atoms with E-state index in [-0.39, 0.29) is 39.1 Å². The van der Waals surface area contributed by atoms with Crippen molar-refractivity contribution >= 4 is 62.3 Å². The Hall–Kier alpha value is -1.73. The van der Waals surface area contributed by atoms with E-state index >= 15 is 0 Å². The zero-order chi connectivity index (χ0) is 22.4. The highest BCUT2D eigenvalue weighted by Gasteiger charge is 2.50. The number of nitro groups is 1. The maximum atomic E-state index is 11.5. The van der Waals surface area contributed by atoms with Gasteiger partial charge in [0.15, 0.2) is 0 Å². The number of anilines is 1. The van der Waals surface area contributed by atoms with Crippen molar-refractivity contribution in [3.63, 3.8) is 0 Å². The maximum absolute atomic E-state index is 11.5. The van der Waals surface area contributed by atoms with Crippen LogP contribution in [0.5, 0.6) is 0 Å². The molecule has 0 spiro atoms. The van der Waals surface area contributed by atoms with Crippen LogP contribution in [0.15, 0.2) is 76.1 Å². The largest absolute Gasteiger partial charge is 0.376 e. The van der Waals surface area contributed by atoms with E-state index in [2.05, 4.69) is 39.4 Å². The topological polar surface area (TPSA) is 55.2 Å². The SMILES string of the molecule is O=[N+]([O-])c1ccccc1S[C@@H]1C[C@H]2[C@H](c3cccc(Cl)c3N[C@H]2c2ccc(Br)cc2)[C@H]1Cl. The molecule has 5 rings (SSSR count). The molecule has 32 heavy (non-hydrogen) atoms. The monoisotopic (exact) mass is 548 g/mol. The van der Waals surface area contributed by atoms with Gasteiger partial charge in [-0.05, 0) is 47.7 Å². The van der Waals surface area contributed by atoms with Crippen molar-refractivity contribution in [2.75, 3.05) is 5.32 Å². The predicted octanol–water partition coefficient (Wildman–Crippen LogP) is 8.05. The molecule has 0 unspecified atom stereocenters. The second kappa shape index (κ2) is 8.90. The third-order valence-corrected chi connectivity index (χ3v) is 9.32. The molecule has 4 nitrogen and oxygen atoms in total. The molecule has 3 aromatic carbocycles. The van der Waals surface area contributed by atoms with Crippen LogP contribution in [0.1, 0.15) is 29.5 Å². The molecule has 1 aliphatic carbocycles. The summed E-state index contributed by atoms with van der Waals surface area (Å²) in [4.78, 5) is 11.9. The maximum Gasteiger partial charge on any atom is 0.282 e. The summed E-state index contributed by atoms with van der Waals surface area (Å²) in [5.41, 5.74) is 3.36. The van der Waals surface area contributed by atoms with Crippen LogP contribution in [0, 0.1) is 16.0 Å². The summed E-state index contributed by atoms with van der Waals surface area (Å²) < 4.78 is 1.03.